The predicted molar refractivity (Wildman–Crippen MR) is 190 cm³/mol. The van der Waals surface area contributed by atoms with Crippen molar-refractivity contribution in [3.8, 4) is 0 Å². The Kier molecular flexibility index (Phi) is 13.7. The number of alkyl halides is 3. The van der Waals surface area contributed by atoms with Gasteiger partial charge in [-0.05, 0) is 50.7 Å². The van der Waals surface area contributed by atoms with Crippen molar-refractivity contribution in [3.63, 3.8) is 0 Å². The Balaban J connectivity index is 0.000000235. The minimum Gasteiger partial charge on any atom is -0.345 e. The SMILES string of the molecule is CC.NNC(=O)c1cnc(NC2(c3cccc(Cl)c3F)CCC2)nc1.O=C(NNC(=O)C(F)(F)F)c1cnc(NC2(c3cccc(Cl)c3F)CCC2)nc1. The number of nitrogens with zero attached hydrogens (tertiary/aromatic N) is 4. The second kappa shape index (κ2) is 17.7. The number of nitrogens with one attached hydrogen (secondary N) is 5. The highest BCUT2D eigenvalue weighted by Crippen LogP contribution is 2.46. The van der Waals surface area contributed by atoms with Gasteiger partial charge in [0.15, 0.2) is 0 Å². The molecule has 2 aliphatic carbocycles. The van der Waals surface area contributed by atoms with E-state index in [1.54, 1.807) is 29.7 Å². The molecule has 6 rings (SSSR count). The van der Waals surface area contributed by atoms with Crippen LogP contribution >= 0.6 is 23.2 Å². The van der Waals surface area contributed by atoms with Gasteiger partial charge in [-0.1, -0.05) is 61.3 Å². The van der Waals surface area contributed by atoms with Gasteiger partial charge in [0.05, 0.1) is 32.3 Å². The largest absolute Gasteiger partial charge is 0.472 e. The van der Waals surface area contributed by atoms with Gasteiger partial charge in [-0.3, -0.25) is 30.7 Å². The van der Waals surface area contributed by atoms with Crippen molar-refractivity contribution in [1.82, 2.24) is 36.2 Å². The van der Waals surface area contributed by atoms with Crippen LogP contribution in [0.15, 0.2) is 61.2 Å². The zero-order valence-electron chi connectivity index (χ0n) is 28.8. The first-order chi connectivity index (χ1) is 25.7. The molecule has 2 aromatic heterocycles. The third-order valence-corrected chi connectivity index (χ3v) is 9.14. The Morgan fingerprint density at radius 3 is 1.41 bits per heavy atom. The molecule has 2 saturated carbocycles. The molecule has 0 bridgehead atoms. The van der Waals surface area contributed by atoms with Crippen LogP contribution in [0.2, 0.25) is 10.0 Å². The summed E-state index contributed by atoms with van der Waals surface area (Å²) in [6, 6.07) is 9.63. The van der Waals surface area contributed by atoms with Crippen LogP contribution in [0, 0.1) is 11.6 Å². The first kappa shape index (κ1) is 41.6. The third-order valence-electron chi connectivity index (χ3n) is 8.56. The van der Waals surface area contributed by atoms with Crippen molar-refractivity contribution in [3.05, 3.63) is 105 Å². The van der Waals surface area contributed by atoms with Gasteiger partial charge in [0, 0.05) is 35.9 Å². The molecule has 2 aliphatic rings. The van der Waals surface area contributed by atoms with Crippen LogP contribution in [0.5, 0.6) is 0 Å². The molecule has 4 aromatic rings. The van der Waals surface area contributed by atoms with E-state index in [4.69, 9.17) is 29.0 Å². The molecule has 2 aromatic carbocycles. The minimum absolute atomic E-state index is 0.00980. The summed E-state index contributed by atoms with van der Waals surface area (Å²) in [5.41, 5.74) is 4.46. The van der Waals surface area contributed by atoms with E-state index in [0.717, 1.165) is 38.1 Å². The average molecular weight is 798 g/mol. The lowest BCUT2D eigenvalue weighted by Crippen LogP contribution is -2.47. The van der Waals surface area contributed by atoms with E-state index in [1.165, 1.54) is 30.0 Å². The fourth-order valence-electron chi connectivity index (χ4n) is 5.52. The van der Waals surface area contributed by atoms with Gasteiger partial charge in [0.25, 0.3) is 11.8 Å². The van der Waals surface area contributed by atoms with Crippen molar-refractivity contribution >= 4 is 52.8 Å². The monoisotopic (exact) mass is 796 g/mol. The number of carbonyl (C=O) groups is 3. The summed E-state index contributed by atoms with van der Waals surface area (Å²) in [6.45, 7) is 4.00. The topological polar surface area (TPSA) is 189 Å². The number of aromatic nitrogens is 4. The molecule has 0 spiro atoms. The molecule has 0 saturated heterocycles. The van der Waals surface area contributed by atoms with Crippen molar-refractivity contribution in [2.24, 2.45) is 5.84 Å². The fraction of sp³-hybridized carbons (Fsp3) is 0.324. The molecule has 54 heavy (non-hydrogen) atoms. The third kappa shape index (κ3) is 9.47. The molecule has 2 fully saturated rings. The van der Waals surface area contributed by atoms with Gasteiger partial charge in [-0.15, -0.1) is 0 Å². The van der Waals surface area contributed by atoms with Crippen LogP contribution in [0.1, 0.15) is 84.2 Å². The molecular weight excluding hydrogens is 762 g/mol. The number of rotatable bonds is 8. The molecule has 7 N–H and O–H groups in total. The highest BCUT2D eigenvalue weighted by atomic mass is 35.5. The zero-order valence-corrected chi connectivity index (χ0v) is 30.3. The maximum Gasteiger partial charge on any atom is 0.472 e. The van der Waals surface area contributed by atoms with Crippen LogP contribution in [-0.2, 0) is 15.9 Å². The van der Waals surface area contributed by atoms with Crippen molar-refractivity contribution in [2.75, 3.05) is 10.6 Å². The maximum absolute atomic E-state index is 14.4. The lowest BCUT2D eigenvalue weighted by molar-refractivity contribution is -0.174. The standard InChI is InChI=1S/C17H14ClF4N5O2.C15H15ClFN5O.C2H6/c18-11-4-1-3-10(12(11)19)16(5-2-6-16)25-15-23-7-9(8-24-15)13(28)26-27-14(29)17(20,21)22;16-11-4-1-3-10(12(11)17)15(5-2-6-15)21-14-19-7-9(8-20-14)13(23)22-18;1-2/h1,3-4,7-8H,2,5-6H2,(H,26,28)(H,27,29)(H,23,24,25);1,3-4,7-8H,2,5-6,18H2,(H,22,23)(H,19,20,21);1-2H3. The van der Waals surface area contributed by atoms with Crippen LogP contribution in [0.4, 0.5) is 33.8 Å². The number of anilines is 2. The molecule has 20 heteroatoms. The Bertz CT molecular complexity index is 1950. The maximum atomic E-state index is 14.4. The summed E-state index contributed by atoms with van der Waals surface area (Å²) in [4.78, 5) is 50.0. The van der Waals surface area contributed by atoms with Crippen molar-refractivity contribution in [2.45, 2.75) is 69.6 Å². The molecule has 0 radical (unpaired) electrons. The summed E-state index contributed by atoms with van der Waals surface area (Å²) >= 11 is 11.7. The summed E-state index contributed by atoms with van der Waals surface area (Å²) in [5, 5.41) is 6.30. The van der Waals surface area contributed by atoms with Crippen molar-refractivity contribution in [1.29, 1.82) is 0 Å². The second-order valence-corrected chi connectivity index (χ2v) is 12.6. The van der Waals surface area contributed by atoms with E-state index in [-0.39, 0.29) is 27.1 Å². The van der Waals surface area contributed by atoms with E-state index in [0.29, 0.717) is 29.9 Å². The number of amides is 3. The first-order valence-corrected chi connectivity index (χ1v) is 17.2. The van der Waals surface area contributed by atoms with E-state index in [1.807, 2.05) is 19.3 Å². The van der Waals surface area contributed by atoms with Gasteiger partial charge in [-0.25, -0.2) is 34.6 Å². The van der Waals surface area contributed by atoms with Crippen molar-refractivity contribution < 1.29 is 36.3 Å². The number of hydrogen-bond acceptors (Lipinski definition) is 10. The second-order valence-electron chi connectivity index (χ2n) is 11.8. The van der Waals surface area contributed by atoms with Crippen LogP contribution in [0.25, 0.3) is 0 Å². The number of nitrogens with two attached hydrogens (primary N) is 1. The number of nitrogen functional groups attached to an aromatic ring is 1. The number of benzene rings is 2. The molecule has 288 valence electrons. The predicted octanol–water partition coefficient (Wildman–Crippen LogP) is 6.47. The fourth-order valence-corrected chi connectivity index (χ4v) is 5.87. The van der Waals surface area contributed by atoms with Crippen LogP contribution < -0.4 is 32.8 Å². The first-order valence-electron chi connectivity index (χ1n) is 16.5. The molecule has 3 amide bonds. The Hall–Kier alpha value is -5.20. The summed E-state index contributed by atoms with van der Waals surface area (Å²) in [6.07, 6.45) is 4.23. The Morgan fingerprint density at radius 1 is 0.685 bits per heavy atom. The van der Waals surface area contributed by atoms with E-state index >= 15 is 0 Å². The Morgan fingerprint density at radius 2 is 1.07 bits per heavy atom. The van der Waals surface area contributed by atoms with Gasteiger partial charge in [-0.2, -0.15) is 13.2 Å². The van der Waals surface area contributed by atoms with Crippen LogP contribution in [-0.4, -0.2) is 43.8 Å². The Labute approximate surface area is 316 Å². The molecular formula is C34H35Cl2F5N10O3. The molecule has 0 aliphatic heterocycles. The number of hydrazine groups is 2. The quantitative estimate of drug-likeness (QED) is 0.0499. The van der Waals surface area contributed by atoms with E-state index < -0.39 is 46.6 Å². The summed E-state index contributed by atoms with van der Waals surface area (Å²) < 4.78 is 65.1. The van der Waals surface area contributed by atoms with E-state index in [2.05, 4.69) is 30.6 Å². The molecule has 2 heterocycles. The van der Waals surface area contributed by atoms with Gasteiger partial charge in [0.2, 0.25) is 11.9 Å². The summed E-state index contributed by atoms with van der Waals surface area (Å²) in [5.74, 6) is 0.668. The highest BCUT2D eigenvalue weighted by Gasteiger charge is 2.43. The molecule has 0 unspecified atom stereocenters. The van der Waals surface area contributed by atoms with Gasteiger partial charge < -0.3 is 10.6 Å². The summed E-state index contributed by atoms with van der Waals surface area (Å²) in [7, 11) is 0. The lowest BCUT2D eigenvalue weighted by atomic mass is 9.71. The lowest BCUT2D eigenvalue weighted by Gasteiger charge is -2.43. The highest BCUT2D eigenvalue weighted by molar-refractivity contribution is 6.31. The smallest absolute Gasteiger partial charge is 0.345 e. The number of halogens is 7. The van der Waals surface area contributed by atoms with Gasteiger partial charge >= 0.3 is 12.1 Å². The number of hydrogen-bond donors (Lipinski definition) is 6. The number of carbonyl (C=O) groups excluding carboxylic acids is 3. The zero-order chi connectivity index (χ0) is 39.7. The molecule has 0 atom stereocenters. The molecule has 13 nitrogen and oxygen atoms in total. The van der Waals surface area contributed by atoms with Crippen LogP contribution in [0.3, 0.4) is 0 Å². The normalized spacial score (nSPS) is 14.9. The average Bonchev–Trinajstić information content (AvgIpc) is 3.13. The van der Waals surface area contributed by atoms with Gasteiger partial charge in [0.1, 0.15) is 11.6 Å². The van der Waals surface area contributed by atoms with E-state index in [9.17, 15) is 36.3 Å². The minimum atomic E-state index is -5.13.